The van der Waals surface area contributed by atoms with Crippen molar-refractivity contribution in [3.63, 3.8) is 0 Å². The number of hydrogen-bond acceptors (Lipinski definition) is 6. The van der Waals surface area contributed by atoms with Gasteiger partial charge in [0, 0.05) is 24.8 Å². The first kappa shape index (κ1) is 20.6. The molecular formula is C19H25N3O4S. The van der Waals surface area contributed by atoms with Gasteiger partial charge in [-0.05, 0) is 43.7 Å². The summed E-state index contributed by atoms with van der Waals surface area (Å²) in [7, 11) is -1.03. The van der Waals surface area contributed by atoms with E-state index in [1.807, 2.05) is 24.3 Å². The predicted octanol–water partition coefficient (Wildman–Crippen LogP) is 2.86. The van der Waals surface area contributed by atoms with E-state index in [-0.39, 0.29) is 10.6 Å². The number of benzene rings is 2. The fourth-order valence-electron chi connectivity index (χ4n) is 2.57. The van der Waals surface area contributed by atoms with Crippen molar-refractivity contribution in [2.45, 2.75) is 18.7 Å². The minimum Gasteiger partial charge on any atom is -0.497 e. The molecule has 0 fully saturated rings. The van der Waals surface area contributed by atoms with E-state index in [0.717, 1.165) is 24.3 Å². The Kier molecular flexibility index (Phi) is 7.06. The van der Waals surface area contributed by atoms with Gasteiger partial charge in [0.1, 0.15) is 16.4 Å². The van der Waals surface area contributed by atoms with Crippen LogP contribution >= 0.6 is 0 Å². The number of nitrogens with one attached hydrogen (secondary N) is 1. The average molecular weight is 391 g/mol. The molecular weight excluding hydrogens is 366 g/mol. The van der Waals surface area contributed by atoms with Gasteiger partial charge in [0.25, 0.3) is 10.0 Å². The van der Waals surface area contributed by atoms with Crippen LogP contribution in [0.2, 0.25) is 0 Å². The zero-order valence-electron chi connectivity index (χ0n) is 16.0. The van der Waals surface area contributed by atoms with E-state index in [0.29, 0.717) is 5.75 Å². The van der Waals surface area contributed by atoms with Crippen molar-refractivity contribution in [3.8, 4) is 11.5 Å². The van der Waals surface area contributed by atoms with E-state index in [2.05, 4.69) is 28.7 Å². The number of anilines is 1. The molecule has 0 saturated carbocycles. The summed E-state index contributed by atoms with van der Waals surface area (Å²) in [4.78, 5) is 4.38. The third-order valence-electron chi connectivity index (χ3n) is 4.07. The highest BCUT2D eigenvalue weighted by Crippen LogP contribution is 2.27. The van der Waals surface area contributed by atoms with E-state index in [1.165, 1.54) is 32.6 Å². The van der Waals surface area contributed by atoms with Crippen molar-refractivity contribution in [1.29, 1.82) is 0 Å². The minimum absolute atomic E-state index is 0.0432. The number of hydrazone groups is 1. The monoisotopic (exact) mass is 391 g/mol. The lowest BCUT2D eigenvalue weighted by Crippen LogP contribution is -2.21. The quantitative estimate of drug-likeness (QED) is 0.525. The molecule has 0 aliphatic rings. The van der Waals surface area contributed by atoms with E-state index in [1.54, 1.807) is 6.07 Å². The van der Waals surface area contributed by atoms with E-state index >= 15 is 0 Å². The summed E-state index contributed by atoms with van der Waals surface area (Å²) < 4.78 is 35.3. The topological polar surface area (TPSA) is 80.2 Å². The second-order valence-electron chi connectivity index (χ2n) is 5.63. The predicted molar refractivity (Wildman–Crippen MR) is 107 cm³/mol. The molecule has 0 amide bonds. The maximum atomic E-state index is 12.5. The maximum absolute atomic E-state index is 12.5. The highest BCUT2D eigenvalue weighted by molar-refractivity contribution is 7.89. The molecule has 0 atom stereocenters. The van der Waals surface area contributed by atoms with Crippen LogP contribution in [-0.2, 0) is 10.0 Å². The summed E-state index contributed by atoms with van der Waals surface area (Å²) in [5.41, 5.74) is 1.89. The zero-order valence-corrected chi connectivity index (χ0v) is 16.8. The molecule has 0 aliphatic carbocycles. The Labute approximate surface area is 160 Å². The standard InChI is InChI=1S/C19H25N3O4S/c1-5-22(6-2)16-9-7-15(8-10-16)14-20-21-27(23,24)19-13-17(25-3)11-12-18(19)26-4/h7-14,21H,5-6H2,1-4H3/b20-14+. The first-order valence-electron chi connectivity index (χ1n) is 8.57. The molecule has 0 aliphatic heterocycles. The molecule has 0 saturated heterocycles. The Morgan fingerprint density at radius 1 is 1.04 bits per heavy atom. The zero-order chi connectivity index (χ0) is 19.9. The molecule has 0 spiro atoms. The number of hydrogen-bond donors (Lipinski definition) is 1. The molecule has 2 aromatic rings. The third-order valence-corrected chi connectivity index (χ3v) is 5.31. The fourth-order valence-corrected chi connectivity index (χ4v) is 3.55. The van der Waals surface area contributed by atoms with Crippen molar-refractivity contribution in [2.75, 3.05) is 32.2 Å². The van der Waals surface area contributed by atoms with E-state index in [9.17, 15) is 8.42 Å². The number of rotatable bonds is 9. The van der Waals surface area contributed by atoms with Gasteiger partial charge in [0.2, 0.25) is 0 Å². The summed E-state index contributed by atoms with van der Waals surface area (Å²) in [6.07, 6.45) is 1.45. The molecule has 2 aromatic carbocycles. The van der Waals surface area contributed by atoms with Crippen LogP contribution in [0.1, 0.15) is 19.4 Å². The summed E-state index contributed by atoms with van der Waals surface area (Å²) in [6, 6.07) is 12.3. The van der Waals surface area contributed by atoms with Crippen molar-refractivity contribution in [1.82, 2.24) is 4.83 Å². The highest BCUT2D eigenvalue weighted by atomic mass is 32.2. The highest BCUT2D eigenvalue weighted by Gasteiger charge is 2.19. The van der Waals surface area contributed by atoms with Gasteiger partial charge < -0.3 is 14.4 Å². The Morgan fingerprint density at radius 2 is 1.70 bits per heavy atom. The van der Waals surface area contributed by atoms with E-state index in [4.69, 9.17) is 9.47 Å². The summed E-state index contributed by atoms with van der Waals surface area (Å²) in [6.45, 7) is 6.04. The Morgan fingerprint density at radius 3 is 2.26 bits per heavy atom. The van der Waals surface area contributed by atoms with Gasteiger partial charge in [-0.25, -0.2) is 0 Å². The van der Waals surface area contributed by atoms with Gasteiger partial charge in [0.15, 0.2) is 0 Å². The second-order valence-corrected chi connectivity index (χ2v) is 7.26. The van der Waals surface area contributed by atoms with Crippen molar-refractivity contribution >= 4 is 21.9 Å². The number of ether oxygens (including phenoxy) is 2. The number of methoxy groups -OCH3 is 2. The molecule has 146 valence electrons. The van der Waals surface area contributed by atoms with Crippen LogP contribution in [0.15, 0.2) is 52.5 Å². The number of nitrogens with zero attached hydrogens (tertiary/aromatic N) is 2. The molecule has 8 heteroatoms. The Hall–Kier alpha value is -2.74. The largest absolute Gasteiger partial charge is 0.497 e. The second kappa shape index (κ2) is 9.27. The van der Waals surface area contributed by atoms with Crippen molar-refractivity contribution in [2.24, 2.45) is 5.10 Å². The van der Waals surface area contributed by atoms with Crippen LogP contribution in [0.25, 0.3) is 0 Å². The molecule has 7 nitrogen and oxygen atoms in total. The van der Waals surface area contributed by atoms with Gasteiger partial charge in [-0.15, -0.1) is 0 Å². The third kappa shape index (κ3) is 5.13. The number of sulfonamides is 1. The minimum atomic E-state index is -3.90. The summed E-state index contributed by atoms with van der Waals surface area (Å²) in [5, 5.41) is 3.86. The van der Waals surface area contributed by atoms with Crippen molar-refractivity contribution < 1.29 is 17.9 Å². The Balaban J connectivity index is 2.15. The molecule has 1 N–H and O–H groups in total. The smallest absolute Gasteiger partial charge is 0.280 e. The molecule has 27 heavy (non-hydrogen) atoms. The normalized spacial score (nSPS) is 11.4. The first-order valence-corrected chi connectivity index (χ1v) is 10.0. The molecule has 2 rings (SSSR count). The fraction of sp³-hybridized carbons (Fsp3) is 0.316. The van der Waals surface area contributed by atoms with Crippen molar-refractivity contribution in [3.05, 3.63) is 48.0 Å². The lowest BCUT2D eigenvalue weighted by molar-refractivity contribution is 0.392. The van der Waals surface area contributed by atoms with Gasteiger partial charge in [-0.3, -0.25) is 0 Å². The van der Waals surface area contributed by atoms with Crippen LogP contribution in [0, 0.1) is 0 Å². The van der Waals surface area contributed by atoms with Gasteiger partial charge in [-0.1, -0.05) is 12.1 Å². The molecule has 0 radical (unpaired) electrons. The van der Waals surface area contributed by atoms with Crippen LogP contribution < -0.4 is 19.2 Å². The van der Waals surface area contributed by atoms with Gasteiger partial charge in [0.05, 0.1) is 20.4 Å². The van der Waals surface area contributed by atoms with E-state index < -0.39 is 10.0 Å². The SMILES string of the molecule is CCN(CC)c1ccc(/C=N/NS(=O)(=O)c2cc(OC)ccc2OC)cc1. The van der Waals surface area contributed by atoms with Crippen LogP contribution in [0.3, 0.4) is 0 Å². The van der Waals surface area contributed by atoms with Crippen LogP contribution in [-0.4, -0.2) is 41.9 Å². The van der Waals surface area contributed by atoms with Crippen LogP contribution in [0.5, 0.6) is 11.5 Å². The van der Waals surface area contributed by atoms with Gasteiger partial charge in [-0.2, -0.15) is 18.4 Å². The summed E-state index contributed by atoms with van der Waals surface area (Å²) >= 11 is 0. The molecule has 0 heterocycles. The lowest BCUT2D eigenvalue weighted by Gasteiger charge is -2.20. The van der Waals surface area contributed by atoms with Crippen LogP contribution in [0.4, 0.5) is 5.69 Å². The average Bonchev–Trinajstić information content (AvgIpc) is 2.69. The van der Waals surface area contributed by atoms with Gasteiger partial charge >= 0.3 is 0 Å². The molecule has 0 aromatic heterocycles. The molecule has 0 unspecified atom stereocenters. The molecule has 0 bridgehead atoms. The maximum Gasteiger partial charge on any atom is 0.280 e. The summed E-state index contributed by atoms with van der Waals surface area (Å²) in [5.74, 6) is 0.620. The lowest BCUT2D eigenvalue weighted by atomic mass is 10.2. The first-order chi connectivity index (χ1) is 12.9. The Bertz CT molecular complexity index is 876.